The van der Waals surface area contributed by atoms with E-state index in [-0.39, 0.29) is 11.7 Å². The fourth-order valence-electron chi connectivity index (χ4n) is 3.28. The first-order valence-corrected chi connectivity index (χ1v) is 8.50. The molecule has 0 fully saturated rings. The Hall–Kier alpha value is -3.22. The number of ketones is 1. The number of benzene rings is 1. The molecule has 0 radical (unpaired) electrons. The molecule has 0 aliphatic heterocycles. The summed E-state index contributed by atoms with van der Waals surface area (Å²) in [6.07, 6.45) is 4.59. The van der Waals surface area contributed by atoms with Crippen molar-refractivity contribution in [1.82, 2.24) is 19.7 Å². The smallest absolute Gasteiger partial charge is 0.250 e. The maximum absolute atomic E-state index is 12.7. The normalized spacial score (nSPS) is 16.2. The summed E-state index contributed by atoms with van der Waals surface area (Å²) in [5.74, 6) is 1.99. The average molecular weight is 349 g/mol. The van der Waals surface area contributed by atoms with Gasteiger partial charge in [-0.3, -0.25) is 4.79 Å². The van der Waals surface area contributed by atoms with E-state index < -0.39 is 0 Å². The second kappa shape index (κ2) is 6.59. The maximum atomic E-state index is 12.7. The molecule has 0 saturated carbocycles. The molecule has 2 aromatic heterocycles. The summed E-state index contributed by atoms with van der Waals surface area (Å²) in [6, 6.07) is 9.29. The molecule has 1 aromatic carbocycles. The largest absolute Gasteiger partial charge is 0.495 e. The van der Waals surface area contributed by atoms with Crippen LogP contribution in [0.2, 0.25) is 0 Å². The first kappa shape index (κ1) is 16.3. The van der Waals surface area contributed by atoms with Gasteiger partial charge in [-0.15, -0.1) is 5.10 Å². The molecule has 7 nitrogen and oxygen atoms in total. The molecule has 0 spiro atoms. The van der Waals surface area contributed by atoms with E-state index in [1.807, 2.05) is 24.3 Å². The van der Waals surface area contributed by atoms with Crippen LogP contribution in [0, 0.1) is 5.92 Å². The Morgan fingerprint density at radius 1 is 1.15 bits per heavy atom. The van der Waals surface area contributed by atoms with Crippen molar-refractivity contribution in [2.24, 2.45) is 5.92 Å². The minimum Gasteiger partial charge on any atom is -0.495 e. The molecular formula is C19H19N5O2. The second-order valence-corrected chi connectivity index (χ2v) is 6.39. The van der Waals surface area contributed by atoms with Crippen LogP contribution in [0.1, 0.15) is 29.4 Å². The summed E-state index contributed by atoms with van der Waals surface area (Å²) in [6.45, 7) is 2.07. The first-order chi connectivity index (χ1) is 12.7. The predicted molar refractivity (Wildman–Crippen MR) is 97.2 cm³/mol. The summed E-state index contributed by atoms with van der Waals surface area (Å²) in [5.41, 5.74) is 2.21. The number of Topliss-reactive ketones (excluding diaryl/α,β-unsaturated/α-hetero) is 1. The van der Waals surface area contributed by atoms with Crippen LogP contribution in [0.3, 0.4) is 0 Å². The number of ether oxygens (including phenoxy) is 1. The van der Waals surface area contributed by atoms with E-state index in [2.05, 4.69) is 27.3 Å². The third-order valence-corrected chi connectivity index (χ3v) is 4.44. The van der Waals surface area contributed by atoms with Crippen LogP contribution in [0.5, 0.6) is 5.75 Å². The van der Waals surface area contributed by atoms with Crippen LogP contribution in [0.15, 0.2) is 42.7 Å². The number of para-hydroxylation sites is 2. The lowest BCUT2D eigenvalue weighted by atomic mass is 9.88. The molecule has 26 heavy (non-hydrogen) atoms. The van der Waals surface area contributed by atoms with Gasteiger partial charge in [0, 0.05) is 18.8 Å². The highest BCUT2D eigenvalue weighted by Gasteiger charge is 2.31. The molecule has 132 valence electrons. The number of rotatable bonds is 4. The van der Waals surface area contributed by atoms with Gasteiger partial charge in [0.2, 0.25) is 0 Å². The minimum absolute atomic E-state index is 0.0818. The zero-order valence-corrected chi connectivity index (χ0v) is 14.6. The summed E-state index contributed by atoms with van der Waals surface area (Å²) >= 11 is 0. The molecular weight excluding hydrogens is 330 g/mol. The van der Waals surface area contributed by atoms with E-state index >= 15 is 0 Å². The molecule has 1 N–H and O–H groups in total. The summed E-state index contributed by atoms with van der Waals surface area (Å²) in [5, 5.41) is 7.88. The van der Waals surface area contributed by atoms with Gasteiger partial charge in [0.25, 0.3) is 5.95 Å². The summed E-state index contributed by atoms with van der Waals surface area (Å²) in [7, 11) is 1.61. The van der Waals surface area contributed by atoms with E-state index in [9.17, 15) is 4.79 Å². The zero-order valence-electron chi connectivity index (χ0n) is 14.6. The van der Waals surface area contributed by atoms with Crippen molar-refractivity contribution in [3.05, 3.63) is 54.0 Å². The lowest BCUT2D eigenvalue weighted by Crippen LogP contribution is -2.20. The van der Waals surface area contributed by atoms with Crippen molar-refractivity contribution >= 4 is 17.3 Å². The lowest BCUT2D eigenvalue weighted by molar-refractivity contribution is 0.0953. The van der Waals surface area contributed by atoms with Gasteiger partial charge >= 0.3 is 0 Å². The quantitative estimate of drug-likeness (QED) is 0.779. The Balaban J connectivity index is 1.84. The number of methoxy groups -OCH3 is 1. The van der Waals surface area contributed by atoms with Crippen molar-refractivity contribution in [1.29, 1.82) is 0 Å². The zero-order chi connectivity index (χ0) is 18.1. The maximum Gasteiger partial charge on any atom is 0.250 e. The molecule has 0 amide bonds. The Kier molecular flexibility index (Phi) is 4.12. The highest BCUT2D eigenvalue weighted by molar-refractivity contribution is 6.03. The highest BCUT2D eigenvalue weighted by Crippen LogP contribution is 2.35. The fraction of sp³-hybridized carbons (Fsp3) is 0.263. The van der Waals surface area contributed by atoms with Gasteiger partial charge in [-0.05, 0) is 30.5 Å². The Labute approximate surface area is 151 Å². The average Bonchev–Trinajstić information content (AvgIpc) is 3.01. The standard InChI is InChI=1S/C19H19N5O2/c1-12-10-14-17(15(25)11-12)18(22-13-6-3-4-7-16(13)26-2)23-24(14)19-20-8-5-9-21-19/h3-9,12H,10-11H2,1-2H3,(H,22,23). The van der Waals surface area contributed by atoms with Crippen LogP contribution < -0.4 is 10.1 Å². The Bertz CT molecular complexity index is 952. The van der Waals surface area contributed by atoms with Crippen molar-refractivity contribution in [3.63, 3.8) is 0 Å². The van der Waals surface area contributed by atoms with Crippen molar-refractivity contribution in [3.8, 4) is 11.7 Å². The van der Waals surface area contributed by atoms with Crippen LogP contribution in [0.4, 0.5) is 11.5 Å². The predicted octanol–water partition coefficient (Wildman–Crippen LogP) is 3.18. The van der Waals surface area contributed by atoms with Gasteiger partial charge in [-0.1, -0.05) is 19.1 Å². The molecule has 1 aliphatic carbocycles. The van der Waals surface area contributed by atoms with Gasteiger partial charge in [0.05, 0.1) is 24.1 Å². The van der Waals surface area contributed by atoms with Crippen molar-refractivity contribution < 1.29 is 9.53 Å². The van der Waals surface area contributed by atoms with Gasteiger partial charge in [0.15, 0.2) is 11.6 Å². The van der Waals surface area contributed by atoms with Crippen LogP contribution >= 0.6 is 0 Å². The number of carbonyl (C=O) groups is 1. The second-order valence-electron chi connectivity index (χ2n) is 6.39. The number of carbonyl (C=O) groups excluding carboxylic acids is 1. The molecule has 0 saturated heterocycles. The monoisotopic (exact) mass is 349 g/mol. The Morgan fingerprint density at radius 2 is 1.92 bits per heavy atom. The lowest BCUT2D eigenvalue weighted by Gasteiger charge is -2.18. The number of hydrogen-bond donors (Lipinski definition) is 1. The number of aromatic nitrogens is 4. The van der Waals surface area contributed by atoms with Crippen LogP contribution in [-0.2, 0) is 6.42 Å². The SMILES string of the molecule is COc1ccccc1Nc1nn(-c2ncccn2)c2c1C(=O)CC(C)C2. The molecule has 1 aliphatic rings. The number of nitrogens with zero attached hydrogens (tertiary/aromatic N) is 4. The summed E-state index contributed by atoms with van der Waals surface area (Å²) < 4.78 is 7.06. The molecule has 1 unspecified atom stereocenters. The van der Waals surface area contributed by atoms with Crippen LogP contribution in [0.25, 0.3) is 5.95 Å². The summed E-state index contributed by atoms with van der Waals surface area (Å²) in [4.78, 5) is 21.3. The first-order valence-electron chi connectivity index (χ1n) is 8.50. The van der Waals surface area contributed by atoms with E-state index in [4.69, 9.17) is 4.74 Å². The van der Waals surface area contributed by atoms with Crippen LogP contribution in [-0.4, -0.2) is 32.6 Å². The van der Waals surface area contributed by atoms with Gasteiger partial charge in [0.1, 0.15) is 5.75 Å². The minimum atomic E-state index is 0.0818. The van der Waals surface area contributed by atoms with Gasteiger partial charge in [-0.25, -0.2) is 14.6 Å². The number of anilines is 2. The molecule has 0 bridgehead atoms. The van der Waals surface area contributed by atoms with Crippen molar-refractivity contribution in [2.75, 3.05) is 12.4 Å². The topological polar surface area (TPSA) is 81.9 Å². The third kappa shape index (κ3) is 2.81. The number of hydrogen-bond acceptors (Lipinski definition) is 6. The van der Waals surface area contributed by atoms with Gasteiger partial charge < -0.3 is 10.1 Å². The number of nitrogens with one attached hydrogen (secondary N) is 1. The third-order valence-electron chi connectivity index (χ3n) is 4.44. The Morgan fingerprint density at radius 3 is 2.69 bits per heavy atom. The molecule has 2 heterocycles. The van der Waals surface area contributed by atoms with E-state index in [0.717, 1.165) is 17.8 Å². The molecule has 7 heteroatoms. The van der Waals surface area contributed by atoms with E-state index in [1.165, 1.54) is 0 Å². The number of fused-ring (bicyclic) bond motifs is 1. The van der Waals surface area contributed by atoms with E-state index in [1.54, 1.807) is 30.3 Å². The molecule has 3 aromatic rings. The fourth-order valence-corrected chi connectivity index (χ4v) is 3.28. The highest BCUT2D eigenvalue weighted by atomic mass is 16.5. The van der Waals surface area contributed by atoms with Gasteiger partial charge in [-0.2, -0.15) is 0 Å². The molecule has 4 rings (SSSR count). The van der Waals surface area contributed by atoms with Crippen molar-refractivity contribution in [2.45, 2.75) is 19.8 Å². The van der Waals surface area contributed by atoms with E-state index in [0.29, 0.717) is 29.5 Å². The molecule has 1 atom stereocenters.